The Morgan fingerprint density at radius 2 is 2.04 bits per heavy atom. The Kier molecular flexibility index (Phi) is 5.53. The lowest BCUT2D eigenvalue weighted by Crippen LogP contribution is -2.44. The van der Waals surface area contributed by atoms with Crippen LogP contribution in [-0.4, -0.2) is 46.2 Å². The number of nitrogens with one attached hydrogen (secondary N) is 1. The molecule has 1 aromatic heterocycles. The van der Waals surface area contributed by atoms with Gasteiger partial charge in [-0.1, -0.05) is 6.07 Å². The van der Waals surface area contributed by atoms with E-state index in [4.69, 9.17) is 0 Å². The van der Waals surface area contributed by atoms with Crippen molar-refractivity contribution in [3.05, 3.63) is 52.0 Å². The van der Waals surface area contributed by atoms with Crippen molar-refractivity contribution in [1.29, 1.82) is 0 Å². The Morgan fingerprint density at radius 3 is 2.69 bits per heavy atom. The maximum Gasteiger partial charge on any atom is 0.183 e. The van der Waals surface area contributed by atoms with Crippen LogP contribution < -0.4 is 5.32 Å². The first-order valence-corrected chi connectivity index (χ1v) is 12.4. The van der Waals surface area contributed by atoms with Gasteiger partial charge in [-0.25, -0.2) is 21.2 Å². The zero-order valence-electron chi connectivity index (χ0n) is 14.2. The minimum atomic E-state index is -3.89. The second-order valence-electron chi connectivity index (χ2n) is 6.46. The van der Waals surface area contributed by atoms with Crippen LogP contribution in [0.3, 0.4) is 0 Å². The van der Waals surface area contributed by atoms with E-state index in [0.717, 1.165) is 10.9 Å². The molecule has 5 nitrogen and oxygen atoms in total. The molecule has 26 heavy (non-hydrogen) atoms. The molecule has 2 atom stereocenters. The molecule has 1 aromatic carbocycles. The van der Waals surface area contributed by atoms with E-state index in [1.807, 2.05) is 17.5 Å². The van der Waals surface area contributed by atoms with Gasteiger partial charge in [0.15, 0.2) is 19.7 Å². The van der Waals surface area contributed by atoms with E-state index in [-0.39, 0.29) is 16.2 Å². The van der Waals surface area contributed by atoms with Crippen LogP contribution in [-0.2, 0) is 26.1 Å². The van der Waals surface area contributed by atoms with Crippen molar-refractivity contribution < 1.29 is 21.2 Å². The first-order valence-electron chi connectivity index (χ1n) is 8.15. The number of benzene rings is 1. The minimum Gasteiger partial charge on any atom is -0.311 e. The highest BCUT2D eigenvalue weighted by atomic mass is 32.2. The van der Waals surface area contributed by atoms with E-state index < -0.39 is 42.5 Å². The van der Waals surface area contributed by atoms with Gasteiger partial charge in [-0.2, -0.15) is 0 Å². The summed E-state index contributed by atoms with van der Waals surface area (Å²) in [7, 11) is -7.34. The number of halogens is 1. The molecule has 0 aliphatic carbocycles. The number of hydrogen-bond donors (Lipinski definition) is 1. The van der Waals surface area contributed by atoms with Gasteiger partial charge in [0, 0.05) is 17.5 Å². The Bertz CT molecular complexity index is 985. The summed E-state index contributed by atoms with van der Waals surface area (Å²) in [5.74, 6) is -1.11. The van der Waals surface area contributed by atoms with E-state index >= 15 is 0 Å². The van der Waals surface area contributed by atoms with Gasteiger partial charge < -0.3 is 5.32 Å². The van der Waals surface area contributed by atoms with Crippen LogP contribution in [0.15, 0.2) is 40.6 Å². The van der Waals surface area contributed by atoms with Gasteiger partial charge in [-0.15, -0.1) is 11.3 Å². The number of sulfone groups is 2. The molecular weight excluding hydrogens is 397 g/mol. The second-order valence-corrected chi connectivity index (χ2v) is 11.8. The van der Waals surface area contributed by atoms with Gasteiger partial charge in [0.2, 0.25) is 0 Å². The normalized spacial score (nSPS) is 22.5. The van der Waals surface area contributed by atoms with Gasteiger partial charge in [-0.3, -0.25) is 0 Å². The predicted octanol–water partition coefficient (Wildman–Crippen LogP) is 1.97. The lowest BCUT2D eigenvalue weighted by molar-refractivity contribution is 0.528. The van der Waals surface area contributed by atoms with Crippen molar-refractivity contribution in [2.24, 2.45) is 0 Å². The van der Waals surface area contributed by atoms with Crippen LogP contribution in [0.1, 0.15) is 10.4 Å². The molecule has 1 aliphatic heterocycles. The van der Waals surface area contributed by atoms with Crippen molar-refractivity contribution in [1.82, 2.24) is 5.32 Å². The summed E-state index contributed by atoms with van der Waals surface area (Å²) in [4.78, 5) is 1.11. The van der Waals surface area contributed by atoms with E-state index in [1.165, 1.54) is 19.1 Å². The van der Waals surface area contributed by atoms with Crippen LogP contribution in [0.4, 0.5) is 4.39 Å². The Hall–Kier alpha value is -1.29. The molecule has 0 saturated carbocycles. The van der Waals surface area contributed by atoms with Crippen LogP contribution >= 0.6 is 11.3 Å². The summed E-state index contributed by atoms with van der Waals surface area (Å²) >= 11 is 1.60. The maximum absolute atomic E-state index is 13.5. The van der Waals surface area contributed by atoms with E-state index in [9.17, 15) is 21.2 Å². The molecule has 2 heterocycles. The molecule has 9 heteroatoms. The number of aryl methyl sites for hydroxylation is 1. The molecule has 0 bridgehead atoms. The first kappa shape index (κ1) is 19.5. The summed E-state index contributed by atoms with van der Waals surface area (Å²) in [6, 6.07) is 6.81. The largest absolute Gasteiger partial charge is 0.311 e. The summed E-state index contributed by atoms with van der Waals surface area (Å²) < 4.78 is 63.5. The highest BCUT2D eigenvalue weighted by Gasteiger charge is 2.45. The molecule has 1 saturated heterocycles. The van der Waals surface area contributed by atoms with Crippen molar-refractivity contribution in [2.75, 3.05) is 18.1 Å². The summed E-state index contributed by atoms with van der Waals surface area (Å²) in [5, 5.41) is 3.99. The van der Waals surface area contributed by atoms with Crippen molar-refractivity contribution in [3.8, 4) is 0 Å². The monoisotopic (exact) mass is 417 g/mol. The molecule has 142 valence electrons. The van der Waals surface area contributed by atoms with Crippen molar-refractivity contribution >= 4 is 31.0 Å². The van der Waals surface area contributed by atoms with E-state index in [0.29, 0.717) is 13.0 Å². The fraction of sp³-hybridized carbons (Fsp3) is 0.412. The summed E-state index contributed by atoms with van der Waals surface area (Å²) in [5.41, 5.74) is 0.217. The first-order chi connectivity index (χ1) is 12.2. The lowest BCUT2D eigenvalue weighted by atomic mass is 10.2. The molecule has 2 aromatic rings. The van der Waals surface area contributed by atoms with Crippen LogP contribution in [0.5, 0.6) is 0 Å². The summed E-state index contributed by atoms with van der Waals surface area (Å²) in [6.45, 7) is 1.98. The molecular formula is C17H20FNO4S3. The third-order valence-electron chi connectivity index (χ3n) is 4.52. The zero-order valence-corrected chi connectivity index (χ0v) is 16.6. The van der Waals surface area contributed by atoms with Gasteiger partial charge in [-0.05, 0) is 48.6 Å². The fourth-order valence-electron chi connectivity index (χ4n) is 3.12. The number of rotatable bonds is 6. The molecule has 0 unspecified atom stereocenters. The van der Waals surface area contributed by atoms with E-state index in [2.05, 4.69) is 5.32 Å². The Labute approximate surface area is 157 Å². The number of hydrogen-bond acceptors (Lipinski definition) is 6. The molecule has 3 rings (SSSR count). The second kappa shape index (κ2) is 7.38. The molecule has 0 radical (unpaired) electrons. The van der Waals surface area contributed by atoms with Crippen LogP contribution in [0.25, 0.3) is 0 Å². The highest BCUT2D eigenvalue weighted by molar-refractivity contribution is 7.96. The number of thiophene rings is 1. The Morgan fingerprint density at radius 1 is 1.27 bits per heavy atom. The quantitative estimate of drug-likeness (QED) is 0.727. The average molecular weight is 418 g/mol. The summed E-state index contributed by atoms with van der Waals surface area (Å²) in [6.07, 6.45) is 0.705. The van der Waals surface area contributed by atoms with Crippen molar-refractivity contribution in [3.63, 3.8) is 0 Å². The third-order valence-corrected chi connectivity index (χ3v) is 9.60. The van der Waals surface area contributed by atoms with Crippen LogP contribution in [0, 0.1) is 12.7 Å². The molecule has 1 aliphatic rings. The molecule has 0 amide bonds. The van der Waals surface area contributed by atoms with E-state index in [1.54, 1.807) is 11.3 Å². The zero-order chi connectivity index (χ0) is 18.9. The SMILES string of the molecule is Cc1cc(S(=O)(=O)[C@H]2CS(=O)(=O)C[C@@H]2NCCc2cccs2)ccc1F. The molecule has 1 N–H and O–H groups in total. The predicted molar refractivity (Wildman–Crippen MR) is 101 cm³/mol. The molecule has 1 fully saturated rings. The lowest BCUT2D eigenvalue weighted by Gasteiger charge is -2.20. The minimum absolute atomic E-state index is 0.0384. The van der Waals surface area contributed by atoms with Crippen LogP contribution in [0.2, 0.25) is 0 Å². The van der Waals surface area contributed by atoms with Crippen molar-refractivity contribution in [2.45, 2.75) is 29.5 Å². The van der Waals surface area contributed by atoms with Gasteiger partial charge in [0.1, 0.15) is 5.82 Å². The molecule has 0 spiro atoms. The third kappa shape index (κ3) is 4.16. The van der Waals surface area contributed by atoms with Gasteiger partial charge in [0.05, 0.1) is 21.7 Å². The van der Waals surface area contributed by atoms with Gasteiger partial charge in [0.25, 0.3) is 0 Å². The topological polar surface area (TPSA) is 80.3 Å². The standard InChI is InChI=1S/C17H20FNO4S3/c1-12-9-14(4-5-15(12)18)26(22,23)17-11-25(20,21)10-16(17)19-7-6-13-3-2-8-24-13/h2-5,8-9,16-17,19H,6-7,10-11H2,1H3/t16-,17-/m0/s1. The fourth-order valence-corrected chi connectivity index (χ4v) is 8.63. The highest BCUT2D eigenvalue weighted by Crippen LogP contribution is 2.27. The van der Waals surface area contributed by atoms with Gasteiger partial charge >= 0.3 is 0 Å². The Balaban J connectivity index is 1.81. The maximum atomic E-state index is 13.5. The average Bonchev–Trinajstić information content (AvgIpc) is 3.17. The smallest absolute Gasteiger partial charge is 0.183 e.